The molecule has 1 unspecified atom stereocenters. The second-order valence-electron chi connectivity index (χ2n) is 5.47. The molecule has 1 fully saturated rings. The van der Waals surface area contributed by atoms with Gasteiger partial charge in [0.05, 0.1) is 0 Å². The Kier molecular flexibility index (Phi) is 4.02. The van der Waals surface area contributed by atoms with Crippen molar-refractivity contribution < 1.29 is 4.79 Å². The molecule has 0 aliphatic carbocycles. The van der Waals surface area contributed by atoms with Gasteiger partial charge in [-0.15, -0.1) is 0 Å². The van der Waals surface area contributed by atoms with E-state index in [1.165, 1.54) is 5.56 Å². The minimum atomic E-state index is 0.0331. The van der Waals surface area contributed by atoms with Crippen molar-refractivity contribution in [2.45, 2.75) is 26.7 Å². The summed E-state index contributed by atoms with van der Waals surface area (Å²) in [6.45, 7) is 7.12. The zero-order valence-electron chi connectivity index (χ0n) is 11.3. The molecule has 0 saturated carbocycles. The molecular formula is C15H22N2O. The summed E-state index contributed by atoms with van der Waals surface area (Å²) in [5, 5.41) is 6.38. The highest BCUT2D eigenvalue weighted by atomic mass is 16.1. The van der Waals surface area contributed by atoms with Crippen LogP contribution in [0.4, 0.5) is 0 Å². The Morgan fingerprint density at radius 1 is 1.39 bits per heavy atom. The molecule has 1 saturated heterocycles. The first-order valence-corrected chi connectivity index (χ1v) is 6.71. The monoisotopic (exact) mass is 246 g/mol. The van der Waals surface area contributed by atoms with E-state index < -0.39 is 0 Å². The number of amides is 1. The number of hydrogen-bond donors (Lipinski definition) is 2. The molecule has 3 nitrogen and oxygen atoms in total. The Balaban J connectivity index is 1.90. The van der Waals surface area contributed by atoms with Crippen LogP contribution in [0.3, 0.4) is 0 Å². The predicted octanol–water partition coefficient (Wildman–Crippen LogP) is 1.98. The maximum atomic E-state index is 12.0. The van der Waals surface area contributed by atoms with Crippen LogP contribution >= 0.6 is 0 Å². The van der Waals surface area contributed by atoms with Gasteiger partial charge in [0, 0.05) is 18.7 Å². The second-order valence-corrected chi connectivity index (χ2v) is 5.47. The van der Waals surface area contributed by atoms with Gasteiger partial charge in [0.1, 0.15) is 0 Å². The first-order chi connectivity index (χ1) is 8.63. The smallest absolute Gasteiger partial charge is 0.251 e. The number of nitrogens with one attached hydrogen (secondary N) is 2. The largest absolute Gasteiger partial charge is 0.351 e. The van der Waals surface area contributed by atoms with Gasteiger partial charge in [-0.25, -0.2) is 0 Å². The number of aryl methyl sites for hydroxylation is 1. The van der Waals surface area contributed by atoms with Crippen molar-refractivity contribution in [2.24, 2.45) is 5.41 Å². The van der Waals surface area contributed by atoms with Crippen molar-refractivity contribution in [2.75, 3.05) is 19.6 Å². The lowest BCUT2D eigenvalue weighted by Gasteiger charge is -2.22. The SMILES string of the molecule is CCc1ccc(C(=O)NCC2(C)CCNC2)cc1. The Morgan fingerprint density at radius 3 is 2.67 bits per heavy atom. The Morgan fingerprint density at radius 2 is 2.11 bits per heavy atom. The fraction of sp³-hybridized carbons (Fsp3) is 0.533. The quantitative estimate of drug-likeness (QED) is 0.853. The normalized spacial score (nSPS) is 23.0. The van der Waals surface area contributed by atoms with Crippen molar-refractivity contribution in [3.8, 4) is 0 Å². The highest BCUT2D eigenvalue weighted by Crippen LogP contribution is 2.23. The summed E-state index contributed by atoms with van der Waals surface area (Å²) in [4.78, 5) is 12.0. The van der Waals surface area contributed by atoms with Gasteiger partial charge in [-0.2, -0.15) is 0 Å². The fourth-order valence-electron chi connectivity index (χ4n) is 2.31. The molecule has 18 heavy (non-hydrogen) atoms. The third kappa shape index (κ3) is 3.10. The van der Waals surface area contributed by atoms with Gasteiger partial charge in [-0.3, -0.25) is 4.79 Å². The number of hydrogen-bond acceptors (Lipinski definition) is 2. The van der Waals surface area contributed by atoms with Crippen LogP contribution < -0.4 is 10.6 Å². The maximum absolute atomic E-state index is 12.0. The number of rotatable bonds is 4. The van der Waals surface area contributed by atoms with Gasteiger partial charge >= 0.3 is 0 Å². The van der Waals surface area contributed by atoms with Gasteiger partial charge in [0.25, 0.3) is 5.91 Å². The lowest BCUT2D eigenvalue weighted by Crippen LogP contribution is -2.37. The summed E-state index contributed by atoms with van der Waals surface area (Å²) in [7, 11) is 0. The van der Waals surface area contributed by atoms with Crippen LogP contribution in [0.25, 0.3) is 0 Å². The summed E-state index contributed by atoms with van der Waals surface area (Å²) in [6, 6.07) is 7.86. The van der Waals surface area contributed by atoms with Crippen molar-refractivity contribution in [1.29, 1.82) is 0 Å². The van der Waals surface area contributed by atoms with Crippen LogP contribution in [0.2, 0.25) is 0 Å². The van der Waals surface area contributed by atoms with Gasteiger partial charge in [0.2, 0.25) is 0 Å². The summed E-state index contributed by atoms with van der Waals surface area (Å²) in [6.07, 6.45) is 2.13. The zero-order valence-corrected chi connectivity index (χ0v) is 11.3. The molecule has 2 N–H and O–H groups in total. The average Bonchev–Trinajstić information content (AvgIpc) is 2.83. The van der Waals surface area contributed by atoms with Crippen molar-refractivity contribution >= 4 is 5.91 Å². The molecule has 1 heterocycles. The van der Waals surface area contributed by atoms with E-state index in [1.54, 1.807) is 0 Å². The van der Waals surface area contributed by atoms with E-state index in [0.29, 0.717) is 0 Å². The molecule has 0 aromatic heterocycles. The molecule has 0 radical (unpaired) electrons. The molecular weight excluding hydrogens is 224 g/mol. The minimum absolute atomic E-state index is 0.0331. The Labute approximate surface area is 109 Å². The van der Waals surface area contributed by atoms with E-state index >= 15 is 0 Å². The van der Waals surface area contributed by atoms with E-state index in [-0.39, 0.29) is 11.3 Å². The molecule has 1 aliphatic heterocycles. The summed E-state index contributed by atoms with van der Waals surface area (Å²) < 4.78 is 0. The third-order valence-corrected chi connectivity index (χ3v) is 3.76. The van der Waals surface area contributed by atoms with E-state index in [0.717, 1.165) is 38.0 Å². The lowest BCUT2D eigenvalue weighted by atomic mass is 9.90. The topological polar surface area (TPSA) is 41.1 Å². The highest BCUT2D eigenvalue weighted by Gasteiger charge is 2.28. The van der Waals surface area contributed by atoms with E-state index in [1.807, 2.05) is 24.3 Å². The Bertz CT molecular complexity index is 405. The van der Waals surface area contributed by atoms with Crippen molar-refractivity contribution in [3.05, 3.63) is 35.4 Å². The fourth-order valence-corrected chi connectivity index (χ4v) is 2.31. The maximum Gasteiger partial charge on any atom is 0.251 e. The average molecular weight is 246 g/mol. The zero-order chi connectivity index (χ0) is 13.0. The van der Waals surface area contributed by atoms with E-state index in [4.69, 9.17) is 0 Å². The molecule has 2 rings (SSSR count). The summed E-state index contributed by atoms with van der Waals surface area (Å²) in [5.41, 5.74) is 2.22. The van der Waals surface area contributed by atoms with Gasteiger partial charge in [0.15, 0.2) is 0 Å². The van der Waals surface area contributed by atoms with Crippen molar-refractivity contribution in [3.63, 3.8) is 0 Å². The van der Waals surface area contributed by atoms with Crippen LogP contribution in [0.15, 0.2) is 24.3 Å². The van der Waals surface area contributed by atoms with E-state index in [2.05, 4.69) is 24.5 Å². The van der Waals surface area contributed by atoms with Crippen LogP contribution in [0.1, 0.15) is 36.2 Å². The first-order valence-electron chi connectivity index (χ1n) is 6.71. The molecule has 3 heteroatoms. The number of benzene rings is 1. The van der Waals surface area contributed by atoms with Crippen LogP contribution in [-0.2, 0) is 6.42 Å². The molecule has 0 bridgehead atoms. The molecule has 1 aromatic carbocycles. The molecule has 0 spiro atoms. The second kappa shape index (κ2) is 5.53. The predicted molar refractivity (Wildman–Crippen MR) is 73.7 cm³/mol. The standard InChI is InChI=1S/C15H22N2O/c1-3-12-4-6-13(7-5-12)14(18)17-11-15(2)8-9-16-10-15/h4-7,16H,3,8-11H2,1-2H3,(H,17,18). The lowest BCUT2D eigenvalue weighted by molar-refractivity contribution is 0.0937. The summed E-state index contributed by atoms with van der Waals surface area (Å²) >= 11 is 0. The number of carbonyl (C=O) groups excluding carboxylic acids is 1. The summed E-state index contributed by atoms with van der Waals surface area (Å²) in [5.74, 6) is 0.0331. The van der Waals surface area contributed by atoms with Crippen molar-refractivity contribution in [1.82, 2.24) is 10.6 Å². The molecule has 1 amide bonds. The van der Waals surface area contributed by atoms with Gasteiger partial charge in [-0.1, -0.05) is 26.0 Å². The van der Waals surface area contributed by atoms with Crippen LogP contribution in [0.5, 0.6) is 0 Å². The Hall–Kier alpha value is -1.35. The molecule has 1 atom stereocenters. The van der Waals surface area contributed by atoms with Crippen LogP contribution in [0, 0.1) is 5.41 Å². The highest BCUT2D eigenvalue weighted by molar-refractivity contribution is 5.94. The van der Waals surface area contributed by atoms with Gasteiger partial charge in [-0.05, 0) is 42.5 Å². The van der Waals surface area contributed by atoms with E-state index in [9.17, 15) is 4.79 Å². The number of carbonyl (C=O) groups is 1. The third-order valence-electron chi connectivity index (χ3n) is 3.76. The minimum Gasteiger partial charge on any atom is -0.351 e. The molecule has 1 aromatic rings. The molecule has 1 aliphatic rings. The first kappa shape index (κ1) is 13.1. The van der Waals surface area contributed by atoms with Crippen LogP contribution in [-0.4, -0.2) is 25.5 Å². The van der Waals surface area contributed by atoms with Gasteiger partial charge < -0.3 is 10.6 Å². The molecule has 98 valence electrons.